The number of carbonyl (C=O) groups excluding carboxylic acids is 2. The fraction of sp³-hybridized carbons (Fsp3) is 0.778. The first-order valence-corrected chi connectivity index (χ1v) is 4.24. The molecule has 0 radical (unpaired) electrons. The Hall–Kier alpha value is -1.06. The largest absolute Gasteiger partial charge is 0.457 e. The lowest BCUT2D eigenvalue weighted by Gasteiger charge is -2.32. The fourth-order valence-corrected chi connectivity index (χ4v) is 0.998. The van der Waals surface area contributed by atoms with E-state index in [-0.39, 0.29) is 11.9 Å². The van der Waals surface area contributed by atoms with Crippen LogP contribution in [0.3, 0.4) is 0 Å². The van der Waals surface area contributed by atoms with Crippen molar-refractivity contribution in [3.63, 3.8) is 0 Å². The lowest BCUT2D eigenvalue weighted by atomic mass is 9.99. The highest BCUT2D eigenvalue weighted by molar-refractivity contribution is 5.91. The molecule has 2 atom stereocenters. The van der Waals surface area contributed by atoms with Crippen molar-refractivity contribution < 1.29 is 19.1 Å². The molecule has 1 fully saturated rings. The van der Waals surface area contributed by atoms with Gasteiger partial charge in [0.15, 0.2) is 0 Å². The van der Waals surface area contributed by atoms with Crippen molar-refractivity contribution in [2.75, 3.05) is 0 Å². The van der Waals surface area contributed by atoms with Crippen LogP contribution in [0.1, 0.15) is 27.7 Å². The van der Waals surface area contributed by atoms with Gasteiger partial charge >= 0.3 is 11.9 Å². The van der Waals surface area contributed by atoms with E-state index in [0.717, 1.165) is 0 Å². The minimum absolute atomic E-state index is 0.337. The molecule has 0 aromatic rings. The summed E-state index contributed by atoms with van der Waals surface area (Å²) in [6.45, 7) is 6.97. The summed E-state index contributed by atoms with van der Waals surface area (Å²) in [5, 5.41) is 0. The lowest BCUT2D eigenvalue weighted by Crippen LogP contribution is -2.50. The third kappa shape index (κ3) is 2.20. The second kappa shape index (κ2) is 3.01. The zero-order valence-corrected chi connectivity index (χ0v) is 8.29. The molecule has 0 amide bonds. The van der Waals surface area contributed by atoms with E-state index in [0.29, 0.717) is 0 Å². The van der Waals surface area contributed by atoms with Crippen LogP contribution in [0, 0.1) is 5.92 Å². The molecule has 1 saturated heterocycles. The maximum Gasteiger partial charge on any atom is 0.348 e. The zero-order valence-electron chi connectivity index (χ0n) is 8.29. The minimum atomic E-state index is -0.702. The van der Waals surface area contributed by atoms with Crippen LogP contribution in [-0.2, 0) is 19.1 Å². The Balaban J connectivity index is 2.47. The summed E-state index contributed by atoms with van der Waals surface area (Å²) in [4.78, 5) is 22.0. The van der Waals surface area contributed by atoms with Gasteiger partial charge in [-0.05, 0) is 27.7 Å². The minimum Gasteiger partial charge on any atom is -0.457 e. The van der Waals surface area contributed by atoms with Gasteiger partial charge in [0, 0.05) is 0 Å². The number of esters is 2. The Labute approximate surface area is 77.2 Å². The molecule has 0 N–H and O–H groups in total. The van der Waals surface area contributed by atoms with Crippen molar-refractivity contribution in [2.24, 2.45) is 5.92 Å². The number of hydrogen-bond acceptors (Lipinski definition) is 4. The summed E-state index contributed by atoms with van der Waals surface area (Å²) >= 11 is 0. The van der Waals surface area contributed by atoms with Gasteiger partial charge < -0.3 is 9.47 Å². The number of ether oxygens (including phenoxy) is 2. The van der Waals surface area contributed by atoms with Crippen molar-refractivity contribution in [1.82, 2.24) is 0 Å². The SMILES string of the molecule is C[C@@H]1C(=O)O[C@H]1C(=O)OC(C)(C)C. The summed E-state index contributed by atoms with van der Waals surface area (Å²) in [5.41, 5.74) is -0.529. The quantitative estimate of drug-likeness (QED) is 0.571. The van der Waals surface area contributed by atoms with Gasteiger partial charge in [-0.3, -0.25) is 4.79 Å². The second-order valence-corrected chi connectivity index (χ2v) is 4.18. The molecule has 0 bridgehead atoms. The molecule has 0 aromatic heterocycles. The van der Waals surface area contributed by atoms with Gasteiger partial charge in [0.05, 0.1) is 0 Å². The van der Waals surface area contributed by atoms with Crippen LogP contribution in [0.2, 0.25) is 0 Å². The first kappa shape index (κ1) is 10.0. The predicted molar refractivity (Wildman–Crippen MR) is 44.9 cm³/mol. The standard InChI is InChI=1S/C9H14O4/c1-5-6(12-7(5)10)8(11)13-9(2,3)4/h5-6H,1-4H3/t5-,6+/m0/s1. The van der Waals surface area contributed by atoms with Gasteiger partial charge in [0.1, 0.15) is 11.5 Å². The summed E-state index contributed by atoms with van der Waals surface area (Å²) in [7, 11) is 0. The number of rotatable bonds is 1. The molecule has 1 aliphatic rings. The average molecular weight is 186 g/mol. The summed E-state index contributed by atoms with van der Waals surface area (Å²) in [6.07, 6.45) is -0.702. The van der Waals surface area contributed by atoms with Crippen LogP contribution >= 0.6 is 0 Å². The number of hydrogen-bond donors (Lipinski definition) is 0. The van der Waals surface area contributed by atoms with E-state index < -0.39 is 17.7 Å². The van der Waals surface area contributed by atoms with Crippen molar-refractivity contribution in [3.8, 4) is 0 Å². The highest BCUT2D eigenvalue weighted by atomic mass is 16.6. The molecule has 74 valence electrons. The van der Waals surface area contributed by atoms with E-state index in [1.807, 2.05) is 0 Å². The Morgan fingerprint density at radius 1 is 1.46 bits per heavy atom. The molecule has 0 saturated carbocycles. The van der Waals surface area contributed by atoms with Crippen LogP contribution in [0.15, 0.2) is 0 Å². The number of carbonyl (C=O) groups is 2. The molecule has 1 rings (SSSR count). The Morgan fingerprint density at radius 2 is 2.00 bits per heavy atom. The molecule has 0 spiro atoms. The van der Waals surface area contributed by atoms with Gasteiger partial charge in [-0.1, -0.05) is 0 Å². The fourth-order valence-electron chi connectivity index (χ4n) is 0.998. The Kier molecular flexibility index (Phi) is 2.32. The maximum atomic E-state index is 11.3. The molecule has 13 heavy (non-hydrogen) atoms. The molecular weight excluding hydrogens is 172 g/mol. The smallest absolute Gasteiger partial charge is 0.348 e. The molecule has 4 heteroatoms. The van der Waals surface area contributed by atoms with Crippen LogP contribution in [-0.4, -0.2) is 23.6 Å². The van der Waals surface area contributed by atoms with Crippen LogP contribution in [0.25, 0.3) is 0 Å². The molecule has 0 unspecified atom stereocenters. The third-order valence-electron chi connectivity index (χ3n) is 1.71. The van der Waals surface area contributed by atoms with E-state index in [1.165, 1.54) is 0 Å². The summed E-state index contributed by atoms with van der Waals surface area (Å²) in [6, 6.07) is 0. The number of cyclic esters (lactones) is 1. The average Bonchev–Trinajstić information content (AvgIpc) is 1.95. The van der Waals surface area contributed by atoms with Crippen LogP contribution in [0.4, 0.5) is 0 Å². The van der Waals surface area contributed by atoms with E-state index in [1.54, 1.807) is 27.7 Å². The highest BCUT2D eigenvalue weighted by Gasteiger charge is 2.45. The summed E-state index contributed by atoms with van der Waals surface area (Å²) in [5.74, 6) is -1.16. The predicted octanol–water partition coefficient (Wildman–Crippen LogP) is 0.890. The van der Waals surface area contributed by atoms with Gasteiger partial charge in [-0.15, -0.1) is 0 Å². The first-order valence-electron chi connectivity index (χ1n) is 4.24. The first-order chi connectivity index (χ1) is 5.81. The normalized spacial score (nSPS) is 27.5. The second-order valence-electron chi connectivity index (χ2n) is 4.18. The van der Waals surface area contributed by atoms with E-state index in [2.05, 4.69) is 4.74 Å². The zero-order chi connectivity index (χ0) is 10.2. The van der Waals surface area contributed by atoms with Gasteiger partial charge in [0.25, 0.3) is 0 Å². The van der Waals surface area contributed by atoms with Crippen molar-refractivity contribution >= 4 is 11.9 Å². The van der Waals surface area contributed by atoms with Crippen molar-refractivity contribution in [1.29, 1.82) is 0 Å². The Morgan fingerprint density at radius 3 is 2.31 bits per heavy atom. The molecule has 4 nitrogen and oxygen atoms in total. The van der Waals surface area contributed by atoms with E-state index in [9.17, 15) is 9.59 Å². The topological polar surface area (TPSA) is 52.6 Å². The van der Waals surface area contributed by atoms with E-state index >= 15 is 0 Å². The third-order valence-corrected chi connectivity index (χ3v) is 1.71. The highest BCUT2D eigenvalue weighted by Crippen LogP contribution is 2.24. The molecule has 0 aliphatic carbocycles. The maximum absolute atomic E-state index is 11.3. The van der Waals surface area contributed by atoms with Crippen molar-refractivity contribution in [3.05, 3.63) is 0 Å². The molecular formula is C9H14O4. The van der Waals surface area contributed by atoms with E-state index in [4.69, 9.17) is 4.74 Å². The molecule has 1 aliphatic heterocycles. The van der Waals surface area contributed by atoms with Crippen LogP contribution < -0.4 is 0 Å². The summed E-state index contributed by atoms with van der Waals surface area (Å²) < 4.78 is 9.69. The van der Waals surface area contributed by atoms with Gasteiger partial charge in [-0.25, -0.2) is 4.79 Å². The molecule has 1 heterocycles. The monoisotopic (exact) mass is 186 g/mol. The van der Waals surface area contributed by atoms with Crippen molar-refractivity contribution in [2.45, 2.75) is 39.4 Å². The van der Waals surface area contributed by atoms with Gasteiger partial charge in [0.2, 0.25) is 6.10 Å². The Bertz CT molecular complexity index is 238. The van der Waals surface area contributed by atoms with Gasteiger partial charge in [-0.2, -0.15) is 0 Å². The van der Waals surface area contributed by atoms with Crippen LogP contribution in [0.5, 0.6) is 0 Å². The lowest BCUT2D eigenvalue weighted by molar-refractivity contribution is -0.201. The molecule has 0 aromatic carbocycles.